The number of hydrogen-bond donors (Lipinski definition) is 2. The van der Waals surface area contributed by atoms with Gasteiger partial charge in [-0.15, -0.1) is 12.4 Å². The summed E-state index contributed by atoms with van der Waals surface area (Å²) in [5.41, 5.74) is 8.06. The molecule has 1 saturated heterocycles. The van der Waals surface area contributed by atoms with Crippen LogP contribution in [0.25, 0.3) is 0 Å². The number of likely N-dealkylation sites (tertiary alicyclic amines) is 1. The number of hydrogen-bond acceptors (Lipinski definition) is 3. The van der Waals surface area contributed by atoms with Crippen LogP contribution >= 0.6 is 12.4 Å². The molecule has 0 aromatic heterocycles. The van der Waals surface area contributed by atoms with Gasteiger partial charge in [0.1, 0.15) is 0 Å². The number of nitrogens with one attached hydrogen (secondary N) is 1. The zero-order chi connectivity index (χ0) is 17.6. The van der Waals surface area contributed by atoms with Crippen molar-refractivity contribution < 1.29 is 9.59 Å². The molecule has 1 aliphatic rings. The van der Waals surface area contributed by atoms with Crippen molar-refractivity contribution >= 4 is 35.6 Å². The van der Waals surface area contributed by atoms with Gasteiger partial charge in [-0.25, -0.2) is 0 Å². The number of amides is 2. The number of halogens is 1. The zero-order valence-electron chi connectivity index (χ0n) is 14.6. The molecule has 1 aliphatic heterocycles. The largest absolute Gasteiger partial charge is 0.399 e. The number of carbonyl (C=O) groups is 2. The van der Waals surface area contributed by atoms with Crippen molar-refractivity contribution in [1.29, 1.82) is 0 Å². The molecule has 2 amide bonds. The number of nitrogens with zero attached hydrogens (tertiary/aromatic N) is 1. The third-order valence-corrected chi connectivity index (χ3v) is 4.43. The predicted octanol–water partition coefficient (Wildman–Crippen LogP) is 3.96. The van der Waals surface area contributed by atoms with E-state index in [1.54, 1.807) is 48.5 Å². The minimum Gasteiger partial charge on any atom is -0.399 e. The van der Waals surface area contributed by atoms with E-state index in [0.29, 0.717) is 22.5 Å². The maximum absolute atomic E-state index is 12.6. The third kappa shape index (κ3) is 4.99. The molecule has 0 spiro atoms. The lowest BCUT2D eigenvalue weighted by Gasteiger charge is -2.20. The van der Waals surface area contributed by atoms with Gasteiger partial charge in [-0.1, -0.05) is 18.9 Å². The predicted molar refractivity (Wildman–Crippen MR) is 107 cm³/mol. The minimum atomic E-state index is -0.223. The van der Waals surface area contributed by atoms with Crippen LogP contribution in [-0.2, 0) is 0 Å². The topological polar surface area (TPSA) is 75.4 Å². The summed E-state index contributed by atoms with van der Waals surface area (Å²) in [4.78, 5) is 26.7. The average molecular weight is 374 g/mol. The summed E-state index contributed by atoms with van der Waals surface area (Å²) in [5.74, 6) is -0.158. The normalized spacial score (nSPS) is 14.1. The maximum Gasteiger partial charge on any atom is 0.255 e. The zero-order valence-corrected chi connectivity index (χ0v) is 15.4. The van der Waals surface area contributed by atoms with E-state index < -0.39 is 0 Å². The van der Waals surface area contributed by atoms with Crippen LogP contribution in [0.4, 0.5) is 11.4 Å². The second-order valence-corrected chi connectivity index (χ2v) is 6.36. The number of nitrogens with two attached hydrogens (primary N) is 1. The van der Waals surface area contributed by atoms with E-state index in [9.17, 15) is 9.59 Å². The van der Waals surface area contributed by atoms with E-state index in [-0.39, 0.29) is 24.2 Å². The molecule has 2 aromatic rings. The lowest BCUT2D eigenvalue weighted by Crippen LogP contribution is -2.31. The minimum absolute atomic E-state index is 0. The number of anilines is 2. The fourth-order valence-corrected chi connectivity index (χ4v) is 3.04. The quantitative estimate of drug-likeness (QED) is 0.799. The van der Waals surface area contributed by atoms with Crippen LogP contribution < -0.4 is 11.1 Å². The van der Waals surface area contributed by atoms with E-state index in [4.69, 9.17) is 5.73 Å². The summed E-state index contributed by atoms with van der Waals surface area (Å²) < 4.78 is 0. The molecule has 0 saturated carbocycles. The second kappa shape index (κ2) is 9.25. The van der Waals surface area contributed by atoms with Crippen molar-refractivity contribution in [2.24, 2.45) is 0 Å². The fraction of sp³-hybridized carbons (Fsp3) is 0.300. The third-order valence-electron chi connectivity index (χ3n) is 4.43. The summed E-state index contributed by atoms with van der Waals surface area (Å²) in [6, 6.07) is 13.9. The first kappa shape index (κ1) is 19.8. The highest BCUT2D eigenvalue weighted by Gasteiger charge is 2.17. The van der Waals surface area contributed by atoms with Crippen molar-refractivity contribution in [3.8, 4) is 0 Å². The Labute approximate surface area is 160 Å². The van der Waals surface area contributed by atoms with E-state index in [1.807, 2.05) is 4.90 Å². The van der Waals surface area contributed by atoms with Gasteiger partial charge in [0.25, 0.3) is 11.8 Å². The summed E-state index contributed by atoms with van der Waals surface area (Å²) in [7, 11) is 0. The number of carbonyl (C=O) groups excluding carboxylic acids is 2. The summed E-state index contributed by atoms with van der Waals surface area (Å²) in [6.07, 6.45) is 4.53. The first-order chi connectivity index (χ1) is 12.1. The maximum atomic E-state index is 12.6. The molecule has 3 rings (SSSR count). The summed E-state index contributed by atoms with van der Waals surface area (Å²) in [6.45, 7) is 1.65. The van der Waals surface area contributed by atoms with E-state index in [0.717, 1.165) is 25.9 Å². The molecule has 138 valence electrons. The molecule has 2 aromatic carbocycles. The van der Waals surface area contributed by atoms with Crippen molar-refractivity contribution in [3.05, 3.63) is 59.7 Å². The highest BCUT2D eigenvalue weighted by atomic mass is 35.5. The van der Waals surface area contributed by atoms with Gasteiger partial charge in [0.15, 0.2) is 0 Å². The molecule has 0 radical (unpaired) electrons. The van der Waals surface area contributed by atoms with Crippen LogP contribution in [0.15, 0.2) is 48.5 Å². The van der Waals surface area contributed by atoms with E-state index >= 15 is 0 Å². The molecule has 3 N–H and O–H groups in total. The second-order valence-electron chi connectivity index (χ2n) is 6.36. The van der Waals surface area contributed by atoms with Gasteiger partial charge in [0, 0.05) is 35.6 Å². The Hall–Kier alpha value is -2.53. The Balaban J connectivity index is 0.00000243. The molecular weight excluding hydrogens is 350 g/mol. The molecule has 1 fully saturated rings. The Morgan fingerprint density at radius 3 is 2.15 bits per heavy atom. The van der Waals surface area contributed by atoms with Crippen molar-refractivity contribution in [2.75, 3.05) is 24.1 Å². The monoisotopic (exact) mass is 373 g/mol. The van der Waals surface area contributed by atoms with Crippen LogP contribution in [0.2, 0.25) is 0 Å². The molecular formula is C20H24ClN3O2. The molecule has 0 bridgehead atoms. The number of rotatable bonds is 3. The molecule has 6 heteroatoms. The van der Waals surface area contributed by atoms with Gasteiger partial charge in [0.2, 0.25) is 0 Å². The molecule has 26 heavy (non-hydrogen) atoms. The first-order valence-corrected chi connectivity index (χ1v) is 8.70. The Kier molecular flexibility index (Phi) is 7.04. The SMILES string of the molecule is Cl.Nc1cccc(C(=O)Nc2ccc(C(=O)N3CCCCCC3)cc2)c1. The van der Waals surface area contributed by atoms with Crippen LogP contribution in [0, 0.1) is 0 Å². The van der Waals surface area contributed by atoms with Crippen molar-refractivity contribution in [2.45, 2.75) is 25.7 Å². The van der Waals surface area contributed by atoms with Gasteiger partial charge in [-0.2, -0.15) is 0 Å². The average Bonchev–Trinajstić information content (AvgIpc) is 2.91. The Morgan fingerprint density at radius 1 is 0.885 bits per heavy atom. The molecule has 0 aliphatic carbocycles. The molecule has 5 nitrogen and oxygen atoms in total. The molecule has 0 unspecified atom stereocenters. The van der Waals surface area contributed by atoms with Crippen LogP contribution in [0.1, 0.15) is 46.4 Å². The lowest BCUT2D eigenvalue weighted by molar-refractivity contribution is 0.0761. The first-order valence-electron chi connectivity index (χ1n) is 8.70. The van der Waals surface area contributed by atoms with Gasteiger partial charge in [0.05, 0.1) is 0 Å². The van der Waals surface area contributed by atoms with Gasteiger partial charge in [-0.3, -0.25) is 9.59 Å². The smallest absolute Gasteiger partial charge is 0.255 e. The highest BCUT2D eigenvalue weighted by molar-refractivity contribution is 6.05. The fourth-order valence-electron chi connectivity index (χ4n) is 3.04. The van der Waals surface area contributed by atoms with Crippen molar-refractivity contribution in [3.63, 3.8) is 0 Å². The highest BCUT2D eigenvalue weighted by Crippen LogP contribution is 2.16. The van der Waals surface area contributed by atoms with Gasteiger partial charge >= 0.3 is 0 Å². The Bertz CT molecular complexity index is 754. The standard InChI is InChI=1S/C20H23N3O2.ClH/c21-17-7-5-6-16(14-17)19(24)22-18-10-8-15(9-11-18)20(25)23-12-3-1-2-4-13-23;/h5-11,14H,1-4,12-13,21H2,(H,22,24);1H. The number of benzene rings is 2. The van der Waals surface area contributed by atoms with Crippen LogP contribution in [0.3, 0.4) is 0 Å². The van der Waals surface area contributed by atoms with Crippen LogP contribution in [0.5, 0.6) is 0 Å². The summed E-state index contributed by atoms with van der Waals surface area (Å²) >= 11 is 0. The van der Waals surface area contributed by atoms with Crippen molar-refractivity contribution in [1.82, 2.24) is 4.90 Å². The van der Waals surface area contributed by atoms with Gasteiger partial charge in [-0.05, 0) is 55.3 Å². The van der Waals surface area contributed by atoms with Crippen LogP contribution in [-0.4, -0.2) is 29.8 Å². The number of nitrogen functional groups attached to an aromatic ring is 1. The Morgan fingerprint density at radius 2 is 1.54 bits per heavy atom. The van der Waals surface area contributed by atoms with Gasteiger partial charge < -0.3 is 16.0 Å². The summed E-state index contributed by atoms with van der Waals surface area (Å²) in [5, 5.41) is 2.82. The van der Waals surface area contributed by atoms with E-state index in [2.05, 4.69) is 5.32 Å². The molecule has 0 atom stereocenters. The lowest BCUT2D eigenvalue weighted by atomic mass is 10.1. The van der Waals surface area contributed by atoms with E-state index in [1.165, 1.54) is 12.8 Å². The molecule has 1 heterocycles.